The van der Waals surface area contributed by atoms with Gasteiger partial charge in [-0.1, -0.05) is 42.5 Å². The normalized spacial score (nSPS) is 13.8. The predicted octanol–water partition coefficient (Wildman–Crippen LogP) is 5.70. The Morgan fingerprint density at radius 2 is 1.56 bits per heavy atom. The van der Waals surface area contributed by atoms with Crippen molar-refractivity contribution in [2.45, 2.75) is 26.4 Å². The van der Waals surface area contributed by atoms with Gasteiger partial charge < -0.3 is 18.9 Å². The molecule has 0 saturated heterocycles. The van der Waals surface area contributed by atoms with Gasteiger partial charge in [-0.15, -0.1) is 0 Å². The van der Waals surface area contributed by atoms with Crippen molar-refractivity contribution in [3.05, 3.63) is 89.5 Å². The van der Waals surface area contributed by atoms with Crippen LogP contribution in [0.25, 0.3) is 16.7 Å². The lowest BCUT2D eigenvalue weighted by Crippen LogP contribution is -2.28. The molecule has 1 aliphatic carbocycles. The zero-order chi connectivity index (χ0) is 23.9. The van der Waals surface area contributed by atoms with Gasteiger partial charge in [0.25, 0.3) is 0 Å². The molecule has 0 N–H and O–H groups in total. The molecule has 0 aromatic heterocycles. The minimum absolute atomic E-state index is 0.328. The Morgan fingerprint density at radius 3 is 2.26 bits per heavy atom. The third kappa shape index (κ3) is 5.15. The molecule has 1 atom stereocenters. The second-order valence-corrected chi connectivity index (χ2v) is 7.93. The summed E-state index contributed by atoms with van der Waals surface area (Å²) in [6.45, 7) is 4.90. The van der Waals surface area contributed by atoms with Gasteiger partial charge in [0.05, 0.1) is 13.7 Å². The van der Waals surface area contributed by atoms with Crippen LogP contribution in [0, 0.1) is 0 Å². The third-order valence-electron chi connectivity index (χ3n) is 5.82. The van der Waals surface area contributed by atoms with Gasteiger partial charge in [0.15, 0.2) is 6.10 Å². The van der Waals surface area contributed by atoms with E-state index in [1.165, 1.54) is 27.8 Å². The van der Waals surface area contributed by atoms with Crippen molar-refractivity contribution in [1.29, 1.82) is 0 Å². The van der Waals surface area contributed by atoms with Crippen LogP contribution in [0.3, 0.4) is 0 Å². The highest BCUT2D eigenvalue weighted by molar-refractivity contribution is 6.01. The van der Waals surface area contributed by atoms with Crippen LogP contribution in [0.1, 0.15) is 30.5 Å². The van der Waals surface area contributed by atoms with Gasteiger partial charge in [-0.2, -0.15) is 0 Å². The molecule has 0 bridgehead atoms. The molecule has 176 valence electrons. The fraction of sp³-hybridized carbons (Fsp3) is 0.276. The number of carbonyl (C=O) groups is 1. The number of carbonyl (C=O) groups excluding carboxylic acids is 1. The van der Waals surface area contributed by atoms with E-state index in [4.69, 9.17) is 18.9 Å². The maximum absolute atomic E-state index is 12.1. The number of rotatable bonds is 10. The second kappa shape index (κ2) is 11.0. The minimum atomic E-state index is -0.595. The van der Waals surface area contributed by atoms with E-state index < -0.39 is 6.10 Å². The number of hydrogen-bond donors (Lipinski definition) is 0. The van der Waals surface area contributed by atoms with E-state index in [1.54, 1.807) is 14.0 Å². The Balaban J connectivity index is 1.44. The number of esters is 1. The smallest absolute Gasteiger partial charge is 0.335 e. The summed E-state index contributed by atoms with van der Waals surface area (Å²) in [6, 6.07) is 22.3. The van der Waals surface area contributed by atoms with Gasteiger partial charge in [-0.05, 0) is 77.6 Å². The maximum atomic E-state index is 12.1. The number of fused-ring (bicyclic) bond motifs is 3. The van der Waals surface area contributed by atoms with Crippen LogP contribution in [0.2, 0.25) is 0 Å². The molecule has 1 unspecified atom stereocenters. The number of methoxy groups -OCH3 is 1. The summed E-state index contributed by atoms with van der Waals surface area (Å²) in [5, 5.41) is 0. The van der Waals surface area contributed by atoms with Gasteiger partial charge in [0.2, 0.25) is 0 Å². The second-order valence-electron chi connectivity index (χ2n) is 7.93. The Labute approximate surface area is 200 Å². The lowest BCUT2D eigenvalue weighted by Gasteiger charge is -2.15. The van der Waals surface area contributed by atoms with E-state index in [1.807, 2.05) is 37.3 Å². The van der Waals surface area contributed by atoms with Crippen molar-refractivity contribution >= 4 is 11.5 Å². The molecule has 0 heterocycles. The molecular weight excluding hydrogens is 428 g/mol. The van der Waals surface area contributed by atoms with Crippen molar-refractivity contribution in [2.75, 3.05) is 26.9 Å². The van der Waals surface area contributed by atoms with Crippen molar-refractivity contribution < 1.29 is 23.7 Å². The highest BCUT2D eigenvalue weighted by Crippen LogP contribution is 2.45. The largest absolute Gasteiger partial charge is 0.497 e. The van der Waals surface area contributed by atoms with Gasteiger partial charge in [-0.3, -0.25) is 0 Å². The minimum Gasteiger partial charge on any atom is -0.497 e. The highest BCUT2D eigenvalue weighted by Gasteiger charge is 2.23. The van der Waals surface area contributed by atoms with Gasteiger partial charge in [0.1, 0.15) is 18.1 Å². The van der Waals surface area contributed by atoms with Crippen molar-refractivity contribution in [3.8, 4) is 22.6 Å². The first kappa shape index (κ1) is 23.6. The summed E-state index contributed by atoms with van der Waals surface area (Å²) in [5.74, 6) is 1.29. The quantitative estimate of drug-likeness (QED) is 0.286. The Bertz CT molecular complexity index is 1160. The molecular formula is C29H30O5. The van der Waals surface area contributed by atoms with Crippen molar-refractivity contribution in [3.63, 3.8) is 0 Å². The molecule has 0 radical (unpaired) electrons. The Morgan fingerprint density at radius 1 is 0.853 bits per heavy atom. The van der Waals surface area contributed by atoms with Crippen LogP contribution in [0.4, 0.5) is 0 Å². The first-order valence-corrected chi connectivity index (χ1v) is 11.6. The monoisotopic (exact) mass is 458 g/mol. The highest BCUT2D eigenvalue weighted by atomic mass is 16.6. The van der Waals surface area contributed by atoms with Crippen LogP contribution in [-0.2, 0) is 20.7 Å². The third-order valence-corrected chi connectivity index (χ3v) is 5.82. The first-order valence-electron chi connectivity index (χ1n) is 11.6. The van der Waals surface area contributed by atoms with Crippen LogP contribution >= 0.6 is 0 Å². The van der Waals surface area contributed by atoms with E-state index in [-0.39, 0.29) is 5.97 Å². The summed E-state index contributed by atoms with van der Waals surface area (Å²) in [7, 11) is 1.69. The molecule has 1 aliphatic rings. The summed E-state index contributed by atoms with van der Waals surface area (Å²) < 4.78 is 22.1. The Kier molecular flexibility index (Phi) is 7.65. The molecule has 5 nitrogen and oxygen atoms in total. The Hall–Kier alpha value is -3.57. The predicted molar refractivity (Wildman–Crippen MR) is 133 cm³/mol. The van der Waals surface area contributed by atoms with Crippen molar-refractivity contribution in [2.24, 2.45) is 0 Å². The summed E-state index contributed by atoms with van der Waals surface area (Å²) in [6.07, 6.45) is 1.99. The molecule has 0 spiro atoms. The molecule has 4 rings (SSSR count). The van der Waals surface area contributed by atoms with E-state index in [9.17, 15) is 4.79 Å². The standard InChI is InChI=1S/C29H30O5/c1-4-32-28(29(30)33-5-2)18-20-10-12-21(13-11-20)34-17-16-26-23-8-6-7-9-24(23)27-19-22(31-3)14-15-25(26)27/h6-16,19,28H,4-5,17-18H2,1-3H3/b26-16+. The average Bonchev–Trinajstić information content (AvgIpc) is 3.18. The fourth-order valence-electron chi connectivity index (χ4n) is 4.23. The first-order chi connectivity index (χ1) is 16.6. The number of ether oxygens (including phenoxy) is 4. The molecule has 0 fully saturated rings. The van der Waals surface area contributed by atoms with E-state index >= 15 is 0 Å². The van der Waals surface area contributed by atoms with Gasteiger partial charge in [-0.25, -0.2) is 4.79 Å². The lowest BCUT2D eigenvalue weighted by molar-refractivity contribution is -0.156. The number of benzene rings is 3. The molecule has 3 aromatic rings. The molecule has 0 amide bonds. The molecule has 34 heavy (non-hydrogen) atoms. The lowest BCUT2D eigenvalue weighted by atomic mass is 10.0. The van der Waals surface area contributed by atoms with Crippen LogP contribution in [0.5, 0.6) is 11.5 Å². The summed E-state index contributed by atoms with van der Waals surface area (Å²) in [5.41, 5.74) is 6.92. The molecule has 0 saturated carbocycles. The van der Waals surface area contributed by atoms with Gasteiger partial charge in [0, 0.05) is 13.0 Å². The average molecular weight is 459 g/mol. The van der Waals surface area contributed by atoms with E-state index in [2.05, 4.69) is 42.5 Å². The van der Waals surface area contributed by atoms with Gasteiger partial charge >= 0.3 is 5.97 Å². The topological polar surface area (TPSA) is 54.0 Å². The molecule has 3 aromatic carbocycles. The number of hydrogen-bond acceptors (Lipinski definition) is 5. The zero-order valence-electron chi connectivity index (χ0n) is 19.9. The maximum Gasteiger partial charge on any atom is 0.335 e. The molecule has 0 aliphatic heterocycles. The van der Waals surface area contributed by atoms with E-state index in [0.29, 0.717) is 26.2 Å². The zero-order valence-corrected chi connectivity index (χ0v) is 19.9. The van der Waals surface area contributed by atoms with Crippen LogP contribution in [-0.4, -0.2) is 39.0 Å². The van der Waals surface area contributed by atoms with Crippen LogP contribution in [0.15, 0.2) is 72.8 Å². The van der Waals surface area contributed by atoms with Crippen molar-refractivity contribution in [1.82, 2.24) is 0 Å². The fourth-order valence-corrected chi connectivity index (χ4v) is 4.23. The summed E-state index contributed by atoms with van der Waals surface area (Å²) >= 11 is 0. The summed E-state index contributed by atoms with van der Waals surface area (Å²) in [4.78, 5) is 12.1. The van der Waals surface area contributed by atoms with Crippen LogP contribution < -0.4 is 9.47 Å². The van der Waals surface area contributed by atoms with E-state index in [0.717, 1.165) is 17.1 Å². The molecule has 5 heteroatoms. The SMILES string of the molecule is CCOC(=O)C(Cc1ccc(OC/C=C2\c3ccccc3-c3cc(OC)ccc32)cc1)OCC.